The van der Waals surface area contributed by atoms with Crippen molar-refractivity contribution < 1.29 is 19.1 Å². The van der Waals surface area contributed by atoms with E-state index in [9.17, 15) is 14.4 Å². The van der Waals surface area contributed by atoms with E-state index < -0.39 is 11.7 Å². The predicted octanol–water partition coefficient (Wildman–Crippen LogP) is 6.23. The molecule has 1 heterocycles. The molecule has 1 N–H and O–H groups in total. The van der Waals surface area contributed by atoms with Crippen LogP contribution in [0.5, 0.6) is 0 Å². The molecule has 0 atom stereocenters. The second kappa shape index (κ2) is 9.90. The minimum atomic E-state index is -0.656. The van der Waals surface area contributed by atoms with Crippen molar-refractivity contribution in [2.75, 3.05) is 18.4 Å². The van der Waals surface area contributed by atoms with Crippen molar-refractivity contribution in [2.45, 2.75) is 46.1 Å². The minimum Gasteiger partial charge on any atom is -0.444 e. The Labute approximate surface area is 206 Å². The van der Waals surface area contributed by atoms with Crippen molar-refractivity contribution in [3.8, 4) is 0 Å². The molecule has 0 unspecified atom stereocenters. The van der Waals surface area contributed by atoms with E-state index in [2.05, 4.69) is 5.32 Å². The third kappa shape index (κ3) is 5.88. The fourth-order valence-corrected chi connectivity index (χ4v) is 4.40. The number of fused-ring (bicyclic) bond motifs is 1. The molecule has 1 saturated heterocycles. The van der Waals surface area contributed by atoms with Gasteiger partial charge in [0.05, 0.1) is 11.3 Å². The molecule has 6 heteroatoms. The molecular formula is C29H32N2O4. The molecule has 0 saturated carbocycles. The topological polar surface area (TPSA) is 75.7 Å². The molecule has 1 fully saturated rings. The van der Waals surface area contributed by atoms with Crippen LogP contribution in [0.3, 0.4) is 0 Å². The third-order valence-corrected chi connectivity index (χ3v) is 6.24. The van der Waals surface area contributed by atoms with Gasteiger partial charge in [-0.05, 0) is 63.4 Å². The first-order valence-electron chi connectivity index (χ1n) is 12.0. The van der Waals surface area contributed by atoms with Crippen molar-refractivity contribution >= 4 is 34.2 Å². The molecule has 2 amide bonds. The summed E-state index contributed by atoms with van der Waals surface area (Å²) in [6, 6.07) is 19.0. The molecule has 4 rings (SSSR count). The summed E-state index contributed by atoms with van der Waals surface area (Å²) in [7, 11) is 0. The van der Waals surface area contributed by atoms with Crippen molar-refractivity contribution in [1.29, 1.82) is 0 Å². The maximum absolute atomic E-state index is 13.6. The number of piperidine rings is 1. The third-order valence-electron chi connectivity index (χ3n) is 6.24. The van der Waals surface area contributed by atoms with E-state index in [1.54, 1.807) is 31.7 Å². The summed E-state index contributed by atoms with van der Waals surface area (Å²) < 4.78 is 5.41. The predicted molar refractivity (Wildman–Crippen MR) is 138 cm³/mol. The number of carbonyl (C=O) groups excluding carboxylic acids is 3. The van der Waals surface area contributed by atoms with E-state index in [-0.39, 0.29) is 17.6 Å². The lowest BCUT2D eigenvalue weighted by molar-refractivity contribution is 0.0633. The molecule has 1 aliphatic heterocycles. The summed E-state index contributed by atoms with van der Waals surface area (Å²) in [6.45, 7) is 8.35. The quantitative estimate of drug-likeness (QED) is 0.457. The Hall–Kier alpha value is -3.67. The lowest BCUT2D eigenvalue weighted by Gasteiger charge is -2.32. The Morgan fingerprint density at radius 1 is 0.914 bits per heavy atom. The Balaban J connectivity index is 1.52. The molecule has 6 nitrogen and oxygen atoms in total. The van der Waals surface area contributed by atoms with Gasteiger partial charge in [0.25, 0.3) is 5.91 Å². The van der Waals surface area contributed by atoms with E-state index in [0.29, 0.717) is 37.2 Å². The normalized spacial score (nSPS) is 14.6. The number of anilines is 1. The van der Waals surface area contributed by atoms with Gasteiger partial charge in [-0.15, -0.1) is 0 Å². The van der Waals surface area contributed by atoms with Gasteiger partial charge in [0.15, 0.2) is 5.78 Å². The lowest BCUT2D eigenvalue weighted by atomic mass is 9.88. The van der Waals surface area contributed by atoms with Gasteiger partial charge in [0, 0.05) is 24.6 Å². The molecule has 0 spiro atoms. The number of aryl methyl sites for hydroxylation is 1. The average molecular weight is 473 g/mol. The van der Waals surface area contributed by atoms with E-state index in [4.69, 9.17) is 4.74 Å². The zero-order valence-corrected chi connectivity index (χ0v) is 20.8. The molecule has 0 radical (unpaired) electrons. The van der Waals surface area contributed by atoms with Crippen molar-refractivity contribution in [3.05, 3.63) is 77.4 Å². The smallest absolute Gasteiger partial charge is 0.412 e. The summed E-state index contributed by atoms with van der Waals surface area (Å²) in [5, 5.41) is 4.60. The summed E-state index contributed by atoms with van der Waals surface area (Å²) in [5.41, 5.74) is 2.02. The number of amides is 2. The number of nitrogens with zero attached hydrogens (tertiary/aromatic N) is 1. The van der Waals surface area contributed by atoms with Crippen LogP contribution in [-0.4, -0.2) is 41.4 Å². The summed E-state index contributed by atoms with van der Waals surface area (Å²) in [6.07, 6.45) is 0.617. The molecule has 3 aromatic carbocycles. The van der Waals surface area contributed by atoms with Crippen LogP contribution < -0.4 is 5.32 Å². The van der Waals surface area contributed by atoms with E-state index in [1.165, 1.54) is 0 Å². The van der Waals surface area contributed by atoms with Gasteiger partial charge in [-0.25, -0.2) is 4.79 Å². The fraction of sp³-hybridized carbons (Fsp3) is 0.345. The standard InChI is InChI=1S/C29H32N2O4/c1-19-9-11-20(12-10-19)26(32)21-13-15-31(16-14-21)27(33)24-17-22-7-5-6-8-23(22)18-25(24)30-28(34)35-29(2,3)4/h5-12,17-18,21H,13-16H2,1-4H3,(H,30,34). The van der Waals surface area contributed by atoms with Crippen LogP contribution >= 0.6 is 0 Å². The Morgan fingerprint density at radius 3 is 2.11 bits per heavy atom. The minimum absolute atomic E-state index is 0.0993. The summed E-state index contributed by atoms with van der Waals surface area (Å²) >= 11 is 0. The number of hydrogen-bond donors (Lipinski definition) is 1. The Morgan fingerprint density at radius 2 is 1.51 bits per heavy atom. The highest BCUT2D eigenvalue weighted by molar-refractivity contribution is 6.07. The Kier molecular flexibility index (Phi) is 6.92. The number of Topliss-reactive ketones (excluding diaryl/α,β-unsaturated/α-hetero) is 1. The first-order chi connectivity index (χ1) is 16.6. The highest BCUT2D eigenvalue weighted by Gasteiger charge is 2.30. The molecule has 1 aliphatic rings. The van der Waals surface area contributed by atoms with Gasteiger partial charge in [0.1, 0.15) is 5.60 Å². The number of nitrogens with one attached hydrogen (secondary N) is 1. The van der Waals surface area contributed by atoms with Crippen LogP contribution in [0.15, 0.2) is 60.7 Å². The van der Waals surface area contributed by atoms with Gasteiger partial charge in [-0.1, -0.05) is 54.1 Å². The van der Waals surface area contributed by atoms with Gasteiger partial charge in [-0.3, -0.25) is 14.9 Å². The number of ether oxygens (including phenoxy) is 1. The van der Waals surface area contributed by atoms with Gasteiger partial charge >= 0.3 is 6.09 Å². The Bertz CT molecular complexity index is 1250. The second-order valence-electron chi connectivity index (χ2n) is 10.2. The van der Waals surface area contributed by atoms with Crippen LogP contribution in [-0.2, 0) is 4.74 Å². The summed E-state index contributed by atoms with van der Waals surface area (Å²) in [5.74, 6) is -0.129. The first-order valence-corrected chi connectivity index (χ1v) is 12.0. The number of rotatable bonds is 4. The lowest BCUT2D eigenvalue weighted by Crippen LogP contribution is -2.40. The molecule has 0 aliphatic carbocycles. The maximum Gasteiger partial charge on any atom is 0.412 e. The first kappa shape index (κ1) is 24.5. The average Bonchev–Trinajstić information content (AvgIpc) is 2.82. The van der Waals surface area contributed by atoms with E-state index in [0.717, 1.165) is 21.9 Å². The van der Waals surface area contributed by atoms with Gasteiger partial charge in [0.2, 0.25) is 0 Å². The largest absolute Gasteiger partial charge is 0.444 e. The zero-order chi connectivity index (χ0) is 25.2. The van der Waals surface area contributed by atoms with Gasteiger partial charge < -0.3 is 9.64 Å². The molecule has 3 aromatic rings. The number of benzene rings is 3. The van der Waals surface area contributed by atoms with Crippen molar-refractivity contribution in [3.63, 3.8) is 0 Å². The van der Waals surface area contributed by atoms with Crippen LogP contribution in [0.2, 0.25) is 0 Å². The SMILES string of the molecule is Cc1ccc(C(=O)C2CCN(C(=O)c3cc4ccccc4cc3NC(=O)OC(C)(C)C)CC2)cc1. The zero-order valence-electron chi connectivity index (χ0n) is 20.8. The van der Waals surface area contributed by atoms with Crippen LogP contribution in [0.1, 0.15) is 59.9 Å². The fourth-order valence-electron chi connectivity index (χ4n) is 4.40. The van der Waals surface area contributed by atoms with Crippen LogP contribution in [0, 0.1) is 12.8 Å². The highest BCUT2D eigenvalue weighted by atomic mass is 16.6. The number of likely N-dealkylation sites (tertiary alicyclic amines) is 1. The number of ketones is 1. The maximum atomic E-state index is 13.6. The van der Waals surface area contributed by atoms with Crippen molar-refractivity contribution in [2.24, 2.45) is 5.92 Å². The number of carbonyl (C=O) groups is 3. The van der Waals surface area contributed by atoms with Crippen LogP contribution in [0.25, 0.3) is 10.8 Å². The van der Waals surface area contributed by atoms with E-state index >= 15 is 0 Å². The highest BCUT2D eigenvalue weighted by Crippen LogP contribution is 2.29. The second-order valence-corrected chi connectivity index (χ2v) is 10.2. The molecule has 0 aromatic heterocycles. The summed E-state index contributed by atoms with van der Waals surface area (Å²) in [4.78, 5) is 40.8. The molecular weight excluding hydrogens is 440 g/mol. The van der Waals surface area contributed by atoms with Gasteiger partial charge in [-0.2, -0.15) is 0 Å². The molecule has 35 heavy (non-hydrogen) atoms. The van der Waals surface area contributed by atoms with Crippen molar-refractivity contribution in [1.82, 2.24) is 4.90 Å². The number of hydrogen-bond acceptors (Lipinski definition) is 4. The monoisotopic (exact) mass is 472 g/mol. The van der Waals surface area contributed by atoms with E-state index in [1.807, 2.05) is 61.5 Å². The van der Waals surface area contributed by atoms with Crippen LogP contribution in [0.4, 0.5) is 10.5 Å². The molecule has 182 valence electrons. The molecule has 0 bridgehead atoms.